The normalized spacial score (nSPS) is 16.4. The zero-order valence-electron chi connectivity index (χ0n) is 14.6. The fourth-order valence-electron chi connectivity index (χ4n) is 3.43. The zero-order valence-corrected chi connectivity index (χ0v) is 14.6. The number of benzene rings is 2. The van der Waals surface area contributed by atoms with Crippen LogP contribution in [0.25, 0.3) is 11.0 Å². The maximum Gasteiger partial charge on any atom is 0.134 e. The largest absolute Gasteiger partial charge is 0.497 e. The van der Waals surface area contributed by atoms with Crippen molar-refractivity contribution in [3.63, 3.8) is 0 Å². The topological polar surface area (TPSA) is 28.9 Å². The van der Waals surface area contributed by atoms with Gasteiger partial charge < -0.3 is 9.15 Å². The van der Waals surface area contributed by atoms with Crippen LogP contribution in [0.2, 0.25) is 0 Å². The highest BCUT2D eigenvalue weighted by Gasteiger charge is 2.18. The Balaban J connectivity index is 1.30. The van der Waals surface area contributed by atoms with Crippen LogP contribution >= 0.6 is 0 Å². The van der Waals surface area contributed by atoms with Crippen LogP contribution in [0.5, 0.6) is 5.75 Å². The molecular formula is C21H24N2O2. The highest BCUT2D eigenvalue weighted by molar-refractivity contribution is 5.77. The standard InChI is InChI=1S/C21H24N2O2/c1-24-19-8-6-17(7-9-19)15-22-10-12-23(13-11-22)16-20-14-18-4-2-3-5-21(18)25-20/h2-9,14H,10-13,15-16H2,1H3/i1-1. The Labute approximate surface area is 148 Å². The molecular weight excluding hydrogens is 311 g/mol. The molecule has 0 spiro atoms. The molecule has 1 aromatic heterocycles. The van der Waals surface area contributed by atoms with Gasteiger partial charge in [0.15, 0.2) is 0 Å². The van der Waals surface area contributed by atoms with Crippen LogP contribution in [0, 0.1) is 0 Å². The monoisotopic (exact) mass is 335 g/mol. The third-order valence-electron chi connectivity index (χ3n) is 4.89. The Morgan fingerprint density at radius 1 is 0.880 bits per heavy atom. The van der Waals surface area contributed by atoms with E-state index in [0.29, 0.717) is 0 Å². The maximum absolute atomic E-state index is 5.95. The molecule has 1 saturated heterocycles. The number of methoxy groups -OCH3 is 1. The van der Waals surface area contributed by atoms with Gasteiger partial charge in [0.05, 0.1) is 13.7 Å². The van der Waals surface area contributed by atoms with Crippen molar-refractivity contribution in [3.8, 4) is 5.75 Å². The molecule has 25 heavy (non-hydrogen) atoms. The number of furan rings is 1. The van der Waals surface area contributed by atoms with Crippen LogP contribution in [-0.4, -0.2) is 43.1 Å². The molecule has 2 heterocycles. The average molecular weight is 335 g/mol. The molecule has 4 heteroatoms. The lowest BCUT2D eigenvalue weighted by atomic mass is 10.2. The Bertz CT molecular complexity index is 784. The molecule has 1 aliphatic rings. The van der Waals surface area contributed by atoms with Gasteiger partial charge in [-0.1, -0.05) is 30.3 Å². The SMILES string of the molecule is [11CH3]Oc1ccc(CN2CCN(Cc3cc4ccccc4o3)CC2)cc1. The lowest BCUT2D eigenvalue weighted by molar-refractivity contribution is 0.116. The first kappa shape index (κ1) is 16.2. The molecule has 0 N–H and O–H groups in total. The van der Waals surface area contributed by atoms with Gasteiger partial charge in [-0.05, 0) is 29.8 Å². The Morgan fingerprint density at radius 3 is 2.24 bits per heavy atom. The predicted octanol–water partition coefficient (Wildman–Crippen LogP) is 3.76. The summed E-state index contributed by atoms with van der Waals surface area (Å²) in [7, 11) is 1.70. The van der Waals surface area contributed by atoms with E-state index in [-0.39, 0.29) is 0 Å². The smallest absolute Gasteiger partial charge is 0.134 e. The fourth-order valence-corrected chi connectivity index (χ4v) is 3.43. The molecule has 0 radical (unpaired) electrons. The number of hydrogen-bond donors (Lipinski definition) is 0. The second-order valence-corrected chi connectivity index (χ2v) is 6.65. The number of para-hydroxylation sites is 1. The van der Waals surface area contributed by atoms with Gasteiger partial charge in [0.2, 0.25) is 0 Å². The number of hydrogen-bond acceptors (Lipinski definition) is 4. The number of rotatable bonds is 5. The zero-order chi connectivity index (χ0) is 17.1. The predicted molar refractivity (Wildman–Crippen MR) is 99.8 cm³/mol. The van der Waals surface area contributed by atoms with Crippen molar-refractivity contribution in [2.75, 3.05) is 33.3 Å². The summed E-state index contributed by atoms with van der Waals surface area (Å²) in [4.78, 5) is 4.99. The molecule has 2 aromatic carbocycles. The first-order valence-corrected chi connectivity index (χ1v) is 8.85. The highest BCUT2D eigenvalue weighted by Crippen LogP contribution is 2.21. The minimum absolute atomic E-state index is 0.894. The van der Waals surface area contributed by atoms with E-state index in [1.54, 1.807) is 7.11 Å². The van der Waals surface area contributed by atoms with Gasteiger partial charge in [0.1, 0.15) is 17.1 Å². The minimum atomic E-state index is 0.894. The van der Waals surface area contributed by atoms with E-state index >= 15 is 0 Å². The van der Waals surface area contributed by atoms with Crippen molar-refractivity contribution in [1.29, 1.82) is 0 Å². The lowest BCUT2D eigenvalue weighted by Crippen LogP contribution is -2.45. The molecule has 0 unspecified atom stereocenters. The van der Waals surface area contributed by atoms with Crippen LogP contribution in [0.15, 0.2) is 59.0 Å². The molecule has 3 aromatic rings. The summed E-state index contributed by atoms with van der Waals surface area (Å²) in [6, 6.07) is 18.8. The van der Waals surface area contributed by atoms with Crippen LogP contribution < -0.4 is 4.74 Å². The second-order valence-electron chi connectivity index (χ2n) is 6.65. The first-order chi connectivity index (χ1) is 12.3. The Hall–Kier alpha value is -2.30. The summed E-state index contributed by atoms with van der Waals surface area (Å²) in [6.07, 6.45) is 0. The maximum atomic E-state index is 5.95. The van der Waals surface area contributed by atoms with Crippen molar-refractivity contribution in [1.82, 2.24) is 9.80 Å². The van der Waals surface area contributed by atoms with Crippen LogP contribution in [-0.2, 0) is 13.1 Å². The van der Waals surface area contributed by atoms with E-state index in [0.717, 1.165) is 56.4 Å². The molecule has 0 atom stereocenters. The third-order valence-corrected chi connectivity index (χ3v) is 4.89. The minimum Gasteiger partial charge on any atom is -0.497 e. The summed E-state index contributed by atoms with van der Waals surface area (Å²) in [5, 5.41) is 1.19. The molecule has 0 saturated carbocycles. The van der Waals surface area contributed by atoms with Gasteiger partial charge in [0, 0.05) is 38.1 Å². The van der Waals surface area contributed by atoms with Crippen LogP contribution in [0.1, 0.15) is 11.3 Å². The molecule has 4 rings (SSSR count). The van der Waals surface area contributed by atoms with Gasteiger partial charge in [0.25, 0.3) is 0 Å². The van der Waals surface area contributed by atoms with Crippen LogP contribution in [0.3, 0.4) is 0 Å². The lowest BCUT2D eigenvalue weighted by Gasteiger charge is -2.34. The van der Waals surface area contributed by atoms with Crippen molar-refractivity contribution in [2.24, 2.45) is 0 Å². The van der Waals surface area contributed by atoms with Crippen molar-refractivity contribution in [3.05, 3.63) is 65.9 Å². The summed E-state index contributed by atoms with van der Waals surface area (Å²) in [5.74, 6) is 1.98. The third kappa shape index (κ3) is 3.86. The number of piperazine rings is 1. The molecule has 1 aliphatic heterocycles. The van der Waals surface area contributed by atoms with E-state index in [9.17, 15) is 0 Å². The molecule has 4 nitrogen and oxygen atoms in total. The Morgan fingerprint density at radius 2 is 1.56 bits per heavy atom. The van der Waals surface area contributed by atoms with Gasteiger partial charge in [-0.15, -0.1) is 0 Å². The molecule has 1 fully saturated rings. The van der Waals surface area contributed by atoms with E-state index in [2.05, 4.69) is 40.1 Å². The van der Waals surface area contributed by atoms with Gasteiger partial charge in [-0.25, -0.2) is 0 Å². The van der Waals surface area contributed by atoms with Gasteiger partial charge >= 0.3 is 0 Å². The average Bonchev–Trinajstić information content (AvgIpc) is 3.06. The summed E-state index contributed by atoms with van der Waals surface area (Å²) in [5.41, 5.74) is 2.32. The van der Waals surface area contributed by atoms with Crippen molar-refractivity contribution < 1.29 is 9.15 Å². The second kappa shape index (κ2) is 7.30. The van der Waals surface area contributed by atoms with Crippen molar-refractivity contribution in [2.45, 2.75) is 13.1 Å². The van der Waals surface area contributed by atoms with E-state index in [4.69, 9.17) is 9.15 Å². The quantitative estimate of drug-likeness (QED) is 0.710. The van der Waals surface area contributed by atoms with E-state index in [1.807, 2.05) is 24.3 Å². The number of nitrogens with zero attached hydrogens (tertiary/aromatic N) is 2. The van der Waals surface area contributed by atoms with E-state index in [1.165, 1.54) is 10.9 Å². The molecule has 0 amide bonds. The van der Waals surface area contributed by atoms with Gasteiger partial charge in [-0.2, -0.15) is 0 Å². The number of fused-ring (bicyclic) bond motifs is 1. The van der Waals surface area contributed by atoms with Crippen molar-refractivity contribution >= 4 is 11.0 Å². The summed E-state index contributed by atoms with van der Waals surface area (Å²) >= 11 is 0. The van der Waals surface area contributed by atoms with Crippen LogP contribution in [0.4, 0.5) is 0 Å². The van der Waals surface area contributed by atoms with E-state index < -0.39 is 0 Å². The number of ether oxygens (including phenoxy) is 1. The Kier molecular flexibility index (Phi) is 4.72. The summed E-state index contributed by atoms with van der Waals surface area (Å²) < 4.78 is 11.2. The van der Waals surface area contributed by atoms with Gasteiger partial charge in [-0.3, -0.25) is 9.80 Å². The molecule has 0 aliphatic carbocycles. The summed E-state index contributed by atoms with van der Waals surface area (Å²) in [6.45, 7) is 6.23. The highest BCUT2D eigenvalue weighted by atomic mass is 16.4. The molecule has 0 bridgehead atoms. The molecule has 130 valence electrons. The fraction of sp³-hybridized carbons (Fsp3) is 0.333. The first-order valence-electron chi connectivity index (χ1n) is 8.85.